The predicted molar refractivity (Wildman–Crippen MR) is 52.8 cm³/mol. The first-order valence-electron chi connectivity index (χ1n) is 4.76. The van der Waals surface area contributed by atoms with Crippen molar-refractivity contribution >= 4 is 5.97 Å². The molecule has 1 heterocycles. The minimum Gasteiger partial charge on any atom is -0.463 e. The van der Waals surface area contributed by atoms with Gasteiger partial charge in [0.2, 0.25) is 0 Å². The molecule has 0 saturated heterocycles. The number of hydrogen-bond donors (Lipinski definition) is 1. The maximum atomic E-state index is 10.7. The molecule has 4 heteroatoms. The van der Waals surface area contributed by atoms with Crippen molar-refractivity contribution in [3.05, 3.63) is 18.2 Å². The number of imidazole rings is 1. The van der Waals surface area contributed by atoms with E-state index in [2.05, 4.69) is 16.9 Å². The van der Waals surface area contributed by atoms with E-state index in [1.54, 1.807) is 12.4 Å². The Morgan fingerprint density at radius 2 is 2.36 bits per heavy atom. The van der Waals surface area contributed by atoms with Crippen molar-refractivity contribution in [2.45, 2.75) is 39.2 Å². The first-order chi connectivity index (χ1) is 6.59. The van der Waals surface area contributed by atoms with Gasteiger partial charge in [0, 0.05) is 25.2 Å². The molecule has 0 spiro atoms. The summed E-state index contributed by atoms with van der Waals surface area (Å²) in [7, 11) is 0. The molecule has 0 aliphatic heterocycles. The lowest BCUT2D eigenvalue weighted by atomic mass is 10.0. The molecule has 0 bridgehead atoms. The summed E-state index contributed by atoms with van der Waals surface area (Å²) >= 11 is 0. The number of ether oxygens (including phenoxy) is 1. The number of nitrogens with zero attached hydrogens (tertiary/aromatic N) is 1. The Morgan fingerprint density at radius 3 is 2.86 bits per heavy atom. The third kappa shape index (κ3) is 3.20. The highest BCUT2D eigenvalue weighted by molar-refractivity contribution is 5.66. The largest absolute Gasteiger partial charge is 0.463 e. The Labute approximate surface area is 83.7 Å². The molecular weight excluding hydrogens is 180 g/mol. The maximum Gasteiger partial charge on any atom is 0.302 e. The first kappa shape index (κ1) is 10.8. The topological polar surface area (TPSA) is 55.0 Å². The van der Waals surface area contributed by atoms with E-state index in [9.17, 15) is 4.79 Å². The van der Waals surface area contributed by atoms with Gasteiger partial charge in [0.1, 0.15) is 5.82 Å². The van der Waals surface area contributed by atoms with E-state index in [1.165, 1.54) is 6.92 Å². The first-order valence-corrected chi connectivity index (χ1v) is 4.76. The zero-order valence-corrected chi connectivity index (χ0v) is 8.78. The van der Waals surface area contributed by atoms with E-state index in [-0.39, 0.29) is 18.0 Å². The molecule has 1 aromatic rings. The Bertz CT molecular complexity index is 282. The van der Waals surface area contributed by atoms with Gasteiger partial charge in [0.25, 0.3) is 0 Å². The lowest BCUT2D eigenvalue weighted by molar-refractivity contribution is -0.145. The number of carbonyl (C=O) groups excluding carboxylic acids is 1. The van der Waals surface area contributed by atoms with Crippen molar-refractivity contribution in [1.82, 2.24) is 9.97 Å². The summed E-state index contributed by atoms with van der Waals surface area (Å²) in [5.74, 6) is 0.979. The van der Waals surface area contributed by atoms with Crippen LogP contribution in [0.25, 0.3) is 0 Å². The highest BCUT2D eigenvalue weighted by atomic mass is 16.5. The van der Waals surface area contributed by atoms with Crippen LogP contribution in [0, 0.1) is 0 Å². The second kappa shape index (κ2) is 4.79. The lowest BCUT2D eigenvalue weighted by Gasteiger charge is -2.15. The molecule has 1 rings (SSSR count). The van der Waals surface area contributed by atoms with Crippen LogP contribution in [-0.4, -0.2) is 22.0 Å². The van der Waals surface area contributed by atoms with E-state index in [0.717, 1.165) is 12.2 Å². The Hall–Kier alpha value is -1.32. The summed E-state index contributed by atoms with van der Waals surface area (Å²) in [4.78, 5) is 17.9. The number of hydrogen-bond acceptors (Lipinski definition) is 3. The van der Waals surface area contributed by atoms with Crippen LogP contribution in [0.4, 0.5) is 0 Å². The van der Waals surface area contributed by atoms with Crippen LogP contribution in [0.2, 0.25) is 0 Å². The molecular formula is C10H16N2O2. The van der Waals surface area contributed by atoms with Crippen molar-refractivity contribution in [2.75, 3.05) is 0 Å². The maximum absolute atomic E-state index is 10.7. The van der Waals surface area contributed by atoms with Crippen LogP contribution in [0.1, 0.15) is 38.9 Å². The minimum absolute atomic E-state index is 0.0624. The molecule has 0 fully saturated rings. The van der Waals surface area contributed by atoms with Gasteiger partial charge in [-0.1, -0.05) is 6.92 Å². The average Bonchev–Trinajstić information content (AvgIpc) is 2.53. The van der Waals surface area contributed by atoms with Gasteiger partial charge in [-0.3, -0.25) is 4.79 Å². The molecule has 78 valence electrons. The molecule has 4 nitrogen and oxygen atoms in total. The SMILES string of the molecule is CC(=O)OC(C)CC(C)c1ncc[nH]1. The predicted octanol–water partition coefficient (Wildman–Crippen LogP) is 1.85. The summed E-state index contributed by atoms with van der Waals surface area (Å²) in [5, 5.41) is 0. The van der Waals surface area contributed by atoms with Crippen LogP contribution in [0.3, 0.4) is 0 Å². The van der Waals surface area contributed by atoms with Gasteiger partial charge in [-0.2, -0.15) is 0 Å². The Balaban J connectivity index is 2.41. The van der Waals surface area contributed by atoms with E-state index >= 15 is 0 Å². The van der Waals surface area contributed by atoms with Crippen molar-refractivity contribution < 1.29 is 9.53 Å². The zero-order chi connectivity index (χ0) is 10.6. The van der Waals surface area contributed by atoms with Crippen molar-refractivity contribution in [1.29, 1.82) is 0 Å². The molecule has 0 aliphatic carbocycles. The summed E-state index contributed by atoms with van der Waals surface area (Å²) in [6.45, 7) is 5.37. The monoisotopic (exact) mass is 196 g/mol. The van der Waals surface area contributed by atoms with Gasteiger partial charge >= 0.3 is 5.97 Å². The second-order valence-corrected chi connectivity index (χ2v) is 3.53. The molecule has 0 aliphatic rings. The normalized spacial score (nSPS) is 14.8. The third-order valence-corrected chi connectivity index (χ3v) is 2.04. The standard InChI is InChI=1S/C10H16N2O2/c1-7(10-11-4-5-12-10)6-8(2)14-9(3)13/h4-5,7-8H,6H2,1-3H3,(H,11,12). The zero-order valence-electron chi connectivity index (χ0n) is 8.78. The van der Waals surface area contributed by atoms with Crippen LogP contribution >= 0.6 is 0 Å². The number of carbonyl (C=O) groups is 1. The number of aromatic amines is 1. The van der Waals surface area contributed by atoms with Crippen molar-refractivity contribution in [3.8, 4) is 0 Å². The van der Waals surface area contributed by atoms with Crippen LogP contribution in [0.5, 0.6) is 0 Å². The van der Waals surface area contributed by atoms with Gasteiger partial charge in [0.05, 0.1) is 6.10 Å². The van der Waals surface area contributed by atoms with Crippen molar-refractivity contribution in [3.63, 3.8) is 0 Å². The van der Waals surface area contributed by atoms with E-state index in [4.69, 9.17) is 4.74 Å². The molecule has 1 N–H and O–H groups in total. The lowest BCUT2D eigenvalue weighted by Crippen LogP contribution is -2.15. The van der Waals surface area contributed by atoms with Crippen LogP contribution in [-0.2, 0) is 9.53 Å². The number of H-pyrrole nitrogens is 1. The molecule has 1 aromatic heterocycles. The molecule has 14 heavy (non-hydrogen) atoms. The highest BCUT2D eigenvalue weighted by Gasteiger charge is 2.14. The Kier molecular flexibility index (Phi) is 3.68. The van der Waals surface area contributed by atoms with Crippen molar-refractivity contribution in [2.24, 2.45) is 0 Å². The fraction of sp³-hybridized carbons (Fsp3) is 0.600. The summed E-state index contributed by atoms with van der Waals surface area (Å²) in [6.07, 6.45) is 4.24. The highest BCUT2D eigenvalue weighted by Crippen LogP contribution is 2.17. The molecule has 2 unspecified atom stereocenters. The number of nitrogens with one attached hydrogen (secondary N) is 1. The number of aromatic nitrogens is 2. The summed E-state index contributed by atoms with van der Waals surface area (Å²) in [5.41, 5.74) is 0. The number of rotatable bonds is 4. The number of esters is 1. The van der Waals surface area contributed by atoms with E-state index in [0.29, 0.717) is 0 Å². The van der Waals surface area contributed by atoms with Crippen LogP contribution in [0.15, 0.2) is 12.4 Å². The van der Waals surface area contributed by atoms with Gasteiger partial charge < -0.3 is 9.72 Å². The Morgan fingerprint density at radius 1 is 1.64 bits per heavy atom. The molecule has 0 saturated carbocycles. The average molecular weight is 196 g/mol. The molecule has 0 aromatic carbocycles. The second-order valence-electron chi connectivity index (χ2n) is 3.53. The summed E-state index contributed by atoms with van der Waals surface area (Å²) < 4.78 is 5.04. The van der Waals surface area contributed by atoms with E-state index < -0.39 is 0 Å². The van der Waals surface area contributed by atoms with Gasteiger partial charge in [0.15, 0.2) is 0 Å². The summed E-state index contributed by atoms with van der Waals surface area (Å²) in [6, 6.07) is 0. The fourth-order valence-corrected chi connectivity index (χ4v) is 1.49. The quantitative estimate of drug-likeness (QED) is 0.748. The molecule has 0 radical (unpaired) electrons. The van der Waals surface area contributed by atoms with Gasteiger partial charge in [-0.25, -0.2) is 4.98 Å². The molecule has 0 amide bonds. The smallest absolute Gasteiger partial charge is 0.302 e. The van der Waals surface area contributed by atoms with Crippen LogP contribution < -0.4 is 0 Å². The molecule has 2 atom stereocenters. The fourth-order valence-electron chi connectivity index (χ4n) is 1.49. The minimum atomic E-state index is -0.232. The van der Waals surface area contributed by atoms with Gasteiger partial charge in [-0.05, 0) is 13.3 Å². The van der Waals surface area contributed by atoms with E-state index in [1.807, 2.05) is 6.92 Å². The third-order valence-electron chi connectivity index (χ3n) is 2.04. The van der Waals surface area contributed by atoms with Gasteiger partial charge in [-0.15, -0.1) is 0 Å².